The first kappa shape index (κ1) is 22.0. The molecule has 0 aliphatic rings. The summed E-state index contributed by atoms with van der Waals surface area (Å²) < 4.78 is 4.94. The minimum Gasteiger partial charge on any atom is -0.452 e. The highest BCUT2D eigenvalue weighted by Gasteiger charge is 2.16. The maximum absolute atomic E-state index is 12.3. The minimum atomic E-state index is -0.750. The van der Waals surface area contributed by atoms with Crippen LogP contribution in [0.5, 0.6) is 0 Å². The number of benzene rings is 2. The number of hydrogen-bond acceptors (Lipinski definition) is 6. The average molecular weight is 415 g/mol. The summed E-state index contributed by atoms with van der Waals surface area (Å²) in [5, 5.41) is 7.00. The van der Waals surface area contributed by atoms with Crippen molar-refractivity contribution in [1.29, 1.82) is 0 Å². The van der Waals surface area contributed by atoms with Crippen LogP contribution < -0.4 is 16.0 Å². The van der Waals surface area contributed by atoms with Crippen molar-refractivity contribution in [2.24, 2.45) is 0 Å². The molecule has 0 bridgehead atoms. The fourth-order valence-corrected chi connectivity index (χ4v) is 3.01. The number of imide groups is 1. The van der Waals surface area contributed by atoms with Gasteiger partial charge in [0.25, 0.3) is 5.91 Å². The van der Waals surface area contributed by atoms with Crippen LogP contribution >= 0.6 is 11.8 Å². The molecule has 0 unspecified atom stereocenters. The number of urea groups is 1. The lowest BCUT2D eigenvalue weighted by Gasteiger charge is -2.10. The fourth-order valence-electron chi connectivity index (χ4n) is 2.17. The van der Waals surface area contributed by atoms with Gasteiger partial charge in [-0.2, -0.15) is 0 Å². The second-order valence-electron chi connectivity index (χ2n) is 5.90. The van der Waals surface area contributed by atoms with Gasteiger partial charge in [-0.1, -0.05) is 29.8 Å². The van der Waals surface area contributed by atoms with Gasteiger partial charge in [0.1, 0.15) is 0 Å². The number of carbonyl (C=O) groups excluding carboxylic acids is 4. The summed E-state index contributed by atoms with van der Waals surface area (Å²) >= 11 is 1.18. The first-order valence-electron chi connectivity index (χ1n) is 8.66. The van der Waals surface area contributed by atoms with Crippen LogP contribution in [-0.2, 0) is 14.3 Å². The third-order valence-electron chi connectivity index (χ3n) is 3.62. The van der Waals surface area contributed by atoms with Crippen LogP contribution in [0.15, 0.2) is 53.4 Å². The number of amides is 4. The number of esters is 1. The molecule has 0 saturated carbocycles. The summed E-state index contributed by atoms with van der Waals surface area (Å²) in [7, 11) is 1.36. The smallest absolute Gasteiger partial charge is 0.339 e. The van der Waals surface area contributed by atoms with Gasteiger partial charge in [-0.05, 0) is 31.2 Å². The average Bonchev–Trinajstić information content (AvgIpc) is 2.72. The van der Waals surface area contributed by atoms with E-state index in [1.54, 1.807) is 24.3 Å². The Balaban J connectivity index is 1.91. The number of thioether (sulfide) groups is 1. The molecule has 8 nitrogen and oxygen atoms in total. The summed E-state index contributed by atoms with van der Waals surface area (Å²) in [6.07, 6.45) is 0. The van der Waals surface area contributed by atoms with Gasteiger partial charge in [0.2, 0.25) is 5.91 Å². The van der Waals surface area contributed by atoms with E-state index in [4.69, 9.17) is 4.74 Å². The lowest BCUT2D eigenvalue weighted by molar-refractivity contribution is -0.123. The number of anilines is 1. The third-order valence-corrected chi connectivity index (χ3v) is 4.69. The second-order valence-corrected chi connectivity index (χ2v) is 6.92. The molecule has 0 aromatic heterocycles. The van der Waals surface area contributed by atoms with Crippen molar-refractivity contribution in [1.82, 2.24) is 10.6 Å². The molecule has 2 aromatic carbocycles. The van der Waals surface area contributed by atoms with Crippen LogP contribution in [0.2, 0.25) is 0 Å². The molecule has 0 spiro atoms. The summed E-state index contributed by atoms with van der Waals surface area (Å²) in [6, 6.07) is 13.3. The van der Waals surface area contributed by atoms with Crippen molar-refractivity contribution >= 4 is 41.3 Å². The van der Waals surface area contributed by atoms with E-state index in [-0.39, 0.29) is 17.2 Å². The molecule has 152 valence electrons. The zero-order valence-corrected chi connectivity index (χ0v) is 16.8. The number of carbonyl (C=O) groups is 4. The van der Waals surface area contributed by atoms with Crippen LogP contribution in [0.25, 0.3) is 0 Å². The monoisotopic (exact) mass is 415 g/mol. The number of aryl methyl sites for hydroxylation is 1. The molecule has 0 heterocycles. The Bertz CT molecular complexity index is 899. The Kier molecular flexibility index (Phi) is 8.23. The molecule has 0 aliphatic carbocycles. The van der Waals surface area contributed by atoms with Crippen molar-refractivity contribution in [3.63, 3.8) is 0 Å². The fraction of sp³-hybridized carbons (Fsp3) is 0.200. The highest BCUT2D eigenvalue weighted by Crippen LogP contribution is 2.23. The van der Waals surface area contributed by atoms with E-state index in [0.29, 0.717) is 10.6 Å². The molecular weight excluding hydrogens is 394 g/mol. The van der Waals surface area contributed by atoms with Gasteiger partial charge >= 0.3 is 12.0 Å². The van der Waals surface area contributed by atoms with Crippen molar-refractivity contribution in [2.45, 2.75) is 11.8 Å². The van der Waals surface area contributed by atoms with E-state index in [2.05, 4.69) is 10.6 Å². The van der Waals surface area contributed by atoms with Gasteiger partial charge in [-0.25, -0.2) is 9.59 Å². The Morgan fingerprint density at radius 2 is 1.66 bits per heavy atom. The van der Waals surface area contributed by atoms with Crippen molar-refractivity contribution in [2.75, 3.05) is 24.7 Å². The number of rotatable bonds is 7. The van der Waals surface area contributed by atoms with Crippen LogP contribution in [0.1, 0.15) is 15.9 Å². The maximum atomic E-state index is 12.3. The first-order chi connectivity index (χ1) is 13.9. The first-order valence-corrected chi connectivity index (χ1v) is 9.64. The molecule has 0 saturated heterocycles. The van der Waals surface area contributed by atoms with E-state index < -0.39 is 24.5 Å². The van der Waals surface area contributed by atoms with Crippen LogP contribution in [0, 0.1) is 6.92 Å². The lowest BCUT2D eigenvalue weighted by Crippen LogP contribution is -2.39. The Hall–Kier alpha value is -3.33. The van der Waals surface area contributed by atoms with E-state index >= 15 is 0 Å². The highest BCUT2D eigenvalue weighted by atomic mass is 32.2. The zero-order valence-electron chi connectivity index (χ0n) is 16.0. The van der Waals surface area contributed by atoms with E-state index in [1.807, 2.05) is 36.5 Å². The van der Waals surface area contributed by atoms with E-state index in [1.165, 1.54) is 18.8 Å². The maximum Gasteiger partial charge on any atom is 0.339 e. The molecule has 29 heavy (non-hydrogen) atoms. The lowest BCUT2D eigenvalue weighted by atomic mass is 10.2. The minimum absolute atomic E-state index is 0.0926. The van der Waals surface area contributed by atoms with E-state index in [9.17, 15) is 19.2 Å². The number of ether oxygens (including phenoxy) is 1. The Morgan fingerprint density at radius 1 is 0.966 bits per heavy atom. The molecule has 2 rings (SSSR count). The summed E-state index contributed by atoms with van der Waals surface area (Å²) in [4.78, 5) is 47.6. The molecule has 0 radical (unpaired) electrons. The molecule has 4 amide bonds. The SMILES string of the molecule is CNC(=O)NC(=O)COC(=O)c1ccccc1SCC(=O)Nc1ccc(C)cc1. The van der Waals surface area contributed by atoms with Crippen molar-refractivity contribution in [3.05, 3.63) is 59.7 Å². The largest absolute Gasteiger partial charge is 0.452 e. The quantitative estimate of drug-likeness (QED) is 0.473. The van der Waals surface area contributed by atoms with Gasteiger partial charge in [0.15, 0.2) is 6.61 Å². The molecule has 2 aromatic rings. The summed E-state index contributed by atoms with van der Waals surface area (Å²) in [6.45, 7) is 1.36. The summed E-state index contributed by atoms with van der Waals surface area (Å²) in [5.74, 6) is -1.60. The highest BCUT2D eigenvalue weighted by molar-refractivity contribution is 8.00. The topological polar surface area (TPSA) is 114 Å². The second kappa shape index (κ2) is 10.9. The third kappa shape index (κ3) is 7.30. The number of nitrogens with one attached hydrogen (secondary N) is 3. The molecule has 0 atom stereocenters. The molecular formula is C20H21N3O5S. The van der Waals surface area contributed by atoms with Crippen LogP contribution in [0.3, 0.4) is 0 Å². The van der Waals surface area contributed by atoms with E-state index in [0.717, 1.165) is 5.56 Å². The standard InChI is InChI=1S/C20H21N3O5S/c1-13-7-9-14(10-8-13)22-18(25)12-29-16-6-4-3-5-15(16)19(26)28-11-17(24)23-20(27)21-2/h3-10H,11-12H2,1-2H3,(H,22,25)(H2,21,23,24,27). The Morgan fingerprint density at radius 3 is 2.34 bits per heavy atom. The zero-order chi connectivity index (χ0) is 21.2. The number of hydrogen-bond donors (Lipinski definition) is 3. The molecule has 3 N–H and O–H groups in total. The summed E-state index contributed by atoms with van der Waals surface area (Å²) in [5.41, 5.74) is 2.01. The predicted molar refractivity (Wildman–Crippen MR) is 110 cm³/mol. The van der Waals surface area contributed by atoms with Crippen molar-refractivity contribution < 1.29 is 23.9 Å². The van der Waals surface area contributed by atoms with Crippen LogP contribution in [0.4, 0.5) is 10.5 Å². The van der Waals surface area contributed by atoms with Gasteiger partial charge in [0.05, 0.1) is 11.3 Å². The predicted octanol–water partition coefficient (Wildman–Crippen LogP) is 2.34. The van der Waals surface area contributed by atoms with Gasteiger partial charge in [-0.15, -0.1) is 11.8 Å². The van der Waals surface area contributed by atoms with Crippen LogP contribution in [-0.4, -0.2) is 43.2 Å². The normalized spacial score (nSPS) is 10.0. The molecule has 9 heteroatoms. The van der Waals surface area contributed by atoms with Gasteiger partial charge < -0.3 is 15.4 Å². The molecule has 0 fully saturated rings. The van der Waals surface area contributed by atoms with Gasteiger partial charge in [-0.3, -0.25) is 14.9 Å². The van der Waals surface area contributed by atoms with Crippen molar-refractivity contribution in [3.8, 4) is 0 Å². The van der Waals surface area contributed by atoms with Gasteiger partial charge in [0, 0.05) is 17.6 Å². The Labute approximate surface area is 172 Å². The molecule has 0 aliphatic heterocycles.